The minimum atomic E-state index is -0.108. The predicted molar refractivity (Wildman–Crippen MR) is 105 cm³/mol. The summed E-state index contributed by atoms with van der Waals surface area (Å²) in [6.45, 7) is 4.67. The minimum absolute atomic E-state index is 0.0272. The second kappa shape index (κ2) is 7.96. The van der Waals surface area contributed by atoms with Gasteiger partial charge in [-0.15, -0.1) is 12.6 Å². The van der Waals surface area contributed by atoms with Crippen LogP contribution in [0.5, 0.6) is 11.6 Å². The molecule has 0 saturated carbocycles. The first kappa shape index (κ1) is 18.4. The second-order valence-corrected chi connectivity index (χ2v) is 6.95. The van der Waals surface area contributed by atoms with E-state index in [4.69, 9.17) is 18.9 Å². The highest BCUT2D eigenvalue weighted by Crippen LogP contribution is 2.35. The lowest BCUT2D eigenvalue weighted by Gasteiger charge is -2.28. The Morgan fingerprint density at radius 3 is 2.93 bits per heavy atom. The Morgan fingerprint density at radius 2 is 2.15 bits per heavy atom. The van der Waals surface area contributed by atoms with Crippen LogP contribution in [0.1, 0.15) is 11.1 Å². The number of aromatic nitrogens is 1. The van der Waals surface area contributed by atoms with E-state index in [0.29, 0.717) is 38.2 Å². The van der Waals surface area contributed by atoms with E-state index < -0.39 is 0 Å². The highest BCUT2D eigenvalue weighted by molar-refractivity contribution is 7.80. The molecule has 0 N–H and O–H groups in total. The van der Waals surface area contributed by atoms with E-state index in [0.717, 1.165) is 41.1 Å². The maximum Gasteiger partial charge on any atom is 0.197 e. The average Bonchev–Trinajstić information content (AvgIpc) is 2.70. The van der Waals surface area contributed by atoms with Crippen molar-refractivity contribution < 1.29 is 18.9 Å². The van der Waals surface area contributed by atoms with Gasteiger partial charge in [-0.1, -0.05) is 0 Å². The van der Waals surface area contributed by atoms with Gasteiger partial charge in [-0.25, -0.2) is 0 Å². The summed E-state index contributed by atoms with van der Waals surface area (Å²) >= 11 is 4.11. The van der Waals surface area contributed by atoms with Crippen molar-refractivity contribution >= 4 is 12.6 Å². The summed E-state index contributed by atoms with van der Waals surface area (Å²) in [4.78, 5) is 12.6. The van der Waals surface area contributed by atoms with Gasteiger partial charge in [-0.05, 0) is 37.1 Å². The number of rotatable bonds is 5. The van der Waals surface area contributed by atoms with E-state index >= 15 is 0 Å². The molecule has 3 heterocycles. The van der Waals surface area contributed by atoms with Gasteiger partial charge in [0.25, 0.3) is 0 Å². The Balaban J connectivity index is 1.67. The Hall–Kier alpha value is -1.96. The summed E-state index contributed by atoms with van der Waals surface area (Å²) < 4.78 is 24.6. The number of nitrogens with zero attached hydrogens (tertiary/aromatic N) is 1. The van der Waals surface area contributed by atoms with Crippen molar-refractivity contribution in [1.29, 1.82) is 0 Å². The Labute approximate surface area is 163 Å². The zero-order valence-corrected chi connectivity index (χ0v) is 16.2. The molecule has 144 valence electrons. The van der Waals surface area contributed by atoms with Gasteiger partial charge in [0.2, 0.25) is 0 Å². The maximum atomic E-state index is 12.6. The molecule has 0 amide bonds. The van der Waals surface area contributed by atoms with Crippen LogP contribution in [0.4, 0.5) is 0 Å². The molecule has 0 spiro atoms. The van der Waals surface area contributed by atoms with Gasteiger partial charge in [0.15, 0.2) is 11.3 Å². The fraction of sp³-hybridized carbons (Fsp3) is 0.450. The van der Waals surface area contributed by atoms with Gasteiger partial charge in [0.1, 0.15) is 24.4 Å². The maximum absolute atomic E-state index is 12.6. The van der Waals surface area contributed by atoms with E-state index in [9.17, 15) is 4.79 Å². The number of thiol groups is 1. The van der Waals surface area contributed by atoms with Gasteiger partial charge in [0, 0.05) is 23.7 Å². The summed E-state index contributed by atoms with van der Waals surface area (Å²) in [5.74, 6) is 1.70. The third-order valence-electron chi connectivity index (χ3n) is 4.99. The predicted octanol–water partition coefficient (Wildman–Crippen LogP) is 2.44. The molecule has 2 aromatic rings. The van der Waals surface area contributed by atoms with E-state index in [1.807, 2.05) is 25.1 Å². The van der Waals surface area contributed by atoms with Crippen molar-refractivity contribution in [3.8, 4) is 22.9 Å². The van der Waals surface area contributed by atoms with Crippen molar-refractivity contribution in [1.82, 2.24) is 4.57 Å². The van der Waals surface area contributed by atoms with Gasteiger partial charge in [0.05, 0.1) is 25.5 Å². The van der Waals surface area contributed by atoms with Crippen LogP contribution in [0.15, 0.2) is 29.1 Å². The minimum Gasteiger partial charge on any atom is -0.483 e. The van der Waals surface area contributed by atoms with Crippen molar-refractivity contribution in [2.45, 2.75) is 26.0 Å². The highest BCUT2D eigenvalue weighted by atomic mass is 32.1. The molecule has 1 fully saturated rings. The standard InChI is InChI=1S/C20H23NO5S/c1-13-18(22)9-19(25-11-16-10-23-6-7-24-16)21-5-4-14-8-15(26-12-27)2-3-17(14)20(13)21/h2-3,8-9,16,27H,4-7,10-12H2,1H3. The van der Waals surface area contributed by atoms with E-state index in [2.05, 4.69) is 17.2 Å². The van der Waals surface area contributed by atoms with Crippen LogP contribution in [0.2, 0.25) is 0 Å². The molecule has 1 aromatic heterocycles. The van der Waals surface area contributed by atoms with Gasteiger partial charge < -0.3 is 23.5 Å². The first-order valence-corrected chi connectivity index (χ1v) is 9.74. The quantitative estimate of drug-likeness (QED) is 0.629. The average molecular weight is 389 g/mol. The molecule has 1 saturated heterocycles. The Bertz CT molecular complexity index is 889. The lowest BCUT2D eigenvalue weighted by atomic mass is 9.94. The SMILES string of the molecule is Cc1c2n(c(OCC3COCCO3)cc1=O)CCc1cc(OCS)ccc1-2. The molecule has 0 bridgehead atoms. The van der Waals surface area contributed by atoms with Gasteiger partial charge in [-0.3, -0.25) is 4.79 Å². The summed E-state index contributed by atoms with van der Waals surface area (Å²) in [5.41, 5.74) is 3.82. The van der Waals surface area contributed by atoms with E-state index in [-0.39, 0.29) is 11.5 Å². The van der Waals surface area contributed by atoms with Crippen molar-refractivity contribution in [3.63, 3.8) is 0 Å². The van der Waals surface area contributed by atoms with Crippen molar-refractivity contribution in [2.75, 3.05) is 32.4 Å². The number of aryl methyl sites for hydroxylation is 1. The molecule has 4 rings (SSSR count). The monoisotopic (exact) mass is 389 g/mol. The fourth-order valence-corrected chi connectivity index (χ4v) is 3.78. The number of benzene rings is 1. The smallest absolute Gasteiger partial charge is 0.197 e. The second-order valence-electron chi connectivity index (χ2n) is 6.69. The van der Waals surface area contributed by atoms with Crippen LogP contribution in [0.3, 0.4) is 0 Å². The third-order valence-corrected chi connectivity index (χ3v) is 5.11. The molecule has 1 unspecified atom stereocenters. The lowest BCUT2D eigenvalue weighted by Crippen LogP contribution is -2.34. The van der Waals surface area contributed by atoms with Crippen LogP contribution >= 0.6 is 12.6 Å². The van der Waals surface area contributed by atoms with Crippen LogP contribution in [0.25, 0.3) is 11.3 Å². The molecule has 0 aliphatic carbocycles. The Morgan fingerprint density at radius 1 is 1.26 bits per heavy atom. The molecule has 27 heavy (non-hydrogen) atoms. The summed E-state index contributed by atoms with van der Waals surface area (Å²) in [6, 6.07) is 7.52. The van der Waals surface area contributed by atoms with Crippen LogP contribution < -0.4 is 14.9 Å². The van der Waals surface area contributed by atoms with Gasteiger partial charge in [-0.2, -0.15) is 0 Å². The zero-order chi connectivity index (χ0) is 18.8. The molecule has 1 aromatic carbocycles. The van der Waals surface area contributed by atoms with Gasteiger partial charge >= 0.3 is 0 Å². The highest BCUT2D eigenvalue weighted by Gasteiger charge is 2.23. The number of pyridine rings is 1. The number of ether oxygens (including phenoxy) is 4. The van der Waals surface area contributed by atoms with Crippen molar-refractivity contribution in [2.24, 2.45) is 0 Å². The molecular weight excluding hydrogens is 366 g/mol. The molecule has 7 heteroatoms. The molecule has 0 radical (unpaired) electrons. The summed E-state index contributed by atoms with van der Waals surface area (Å²) in [5, 5.41) is 0. The molecule has 1 atom stereocenters. The first-order chi connectivity index (χ1) is 13.2. The van der Waals surface area contributed by atoms with E-state index in [1.54, 1.807) is 6.07 Å². The summed E-state index contributed by atoms with van der Waals surface area (Å²) in [6.07, 6.45) is 0.733. The Kier molecular flexibility index (Phi) is 5.43. The summed E-state index contributed by atoms with van der Waals surface area (Å²) in [7, 11) is 0. The zero-order valence-electron chi connectivity index (χ0n) is 15.3. The molecule has 2 aliphatic heterocycles. The first-order valence-electron chi connectivity index (χ1n) is 9.11. The normalized spacial score (nSPS) is 18.5. The van der Waals surface area contributed by atoms with Crippen LogP contribution in [0, 0.1) is 6.92 Å². The fourth-order valence-electron chi connectivity index (χ4n) is 3.63. The van der Waals surface area contributed by atoms with Crippen LogP contribution in [-0.4, -0.2) is 43.0 Å². The van der Waals surface area contributed by atoms with Crippen LogP contribution in [-0.2, 0) is 22.4 Å². The van der Waals surface area contributed by atoms with Crippen molar-refractivity contribution in [3.05, 3.63) is 45.6 Å². The van der Waals surface area contributed by atoms with E-state index in [1.165, 1.54) is 0 Å². The molecular formula is C20H23NO5S. The third kappa shape index (κ3) is 3.72. The lowest BCUT2D eigenvalue weighted by molar-refractivity contribution is -0.102. The molecule has 2 aliphatic rings. The molecule has 6 nitrogen and oxygen atoms in total. The number of fused-ring (bicyclic) bond motifs is 3. The number of hydrogen-bond acceptors (Lipinski definition) is 6. The largest absolute Gasteiger partial charge is 0.483 e. The topological polar surface area (TPSA) is 58.9 Å². The number of hydrogen-bond donors (Lipinski definition) is 1.